The molecule has 0 aromatic heterocycles. The highest BCUT2D eigenvalue weighted by atomic mass is 16.5. The van der Waals surface area contributed by atoms with Gasteiger partial charge >= 0.3 is 0 Å². The van der Waals surface area contributed by atoms with E-state index in [-0.39, 0.29) is 6.04 Å². The fourth-order valence-corrected chi connectivity index (χ4v) is 2.53. The Hall–Kier alpha value is -2.62. The van der Waals surface area contributed by atoms with Crippen molar-refractivity contribution < 1.29 is 9.53 Å². The zero-order chi connectivity index (χ0) is 14.7. The maximum absolute atomic E-state index is 11.3. The molecule has 21 heavy (non-hydrogen) atoms. The van der Waals surface area contributed by atoms with E-state index in [2.05, 4.69) is 5.10 Å². The Balaban J connectivity index is 1.86. The molecule has 0 N–H and O–H groups in total. The second kappa shape index (κ2) is 5.79. The fourth-order valence-electron chi connectivity index (χ4n) is 2.53. The van der Waals surface area contributed by atoms with Crippen LogP contribution >= 0.6 is 0 Å². The standard InChI is InChI=1S/C17H16N2O2/c1-21-15-9-7-13(8-10-15)16-11-17(19(12-20)18-16)14-5-3-2-4-6-14/h2-10,12,17H,11H2,1H3/t17-/m0/s1. The number of benzene rings is 2. The molecule has 1 aliphatic heterocycles. The first-order chi connectivity index (χ1) is 10.3. The lowest BCUT2D eigenvalue weighted by Crippen LogP contribution is -2.17. The summed E-state index contributed by atoms with van der Waals surface area (Å²) in [6, 6.07) is 17.7. The van der Waals surface area contributed by atoms with Crippen molar-refractivity contribution in [2.24, 2.45) is 5.10 Å². The first kappa shape index (κ1) is 13.4. The minimum absolute atomic E-state index is 0.0270. The number of carbonyl (C=O) groups is 1. The minimum Gasteiger partial charge on any atom is -0.497 e. The van der Waals surface area contributed by atoms with Gasteiger partial charge in [0.15, 0.2) is 0 Å². The molecular weight excluding hydrogens is 264 g/mol. The van der Waals surface area contributed by atoms with Crippen LogP contribution in [0, 0.1) is 0 Å². The summed E-state index contributed by atoms with van der Waals surface area (Å²) < 4.78 is 5.16. The van der Waals surface area contributed by atoms with Crippen LogP contribution in [-0.2, 0) is 4.79 Å². The number of hydrogen-bond donors (Lipinski definition) is 0. The molecule has 1 heterocycles. The molecular formula is C17H16N2O2. The molecule has 4 heteroatoms. The van der Waals surface area contributed by atoms with Crippen molar-refractivity contribution in [1.82, 2.24) is 5.01 Å². The summed E-state index contributed by atoms with van der Waals surface area (Å²) in [7, 11) is 1.64. The van der Waals surface area contributed by atoms with Crippen LogP contribution < -0.4 is 4.74 Å². The van der Waals surface area contributed by atoms with Gasteiger partial charge in [-0.2, -0.15) is 5.10 Å². The van der Waals surface area contributed by atoms with Crippen LogP contribution in [0.5, 0.6) is 5.75 Å². The van der Waals surface area contributed by atoms with E-state index < -0.39 is 0 Å². The van der Waals surface area contributed by atoms with Crippen molar-refractivity contribution in [2.45, 2.75) is 12.5 Å². The van der Waals surface area contributed by atoms with Crippen LogP contribution in [0.2, 0.25) is 0 Å². The van der Waals surface area contributed by atoms with Crippen molar-refractivity contribution in [3.05, 3.63) is 65.7 Å². The van der Waals surface area contributed by atoms with Crippen LogP contribution in [0.25, 0.3) is 0 Å². The number of ether oxygens (including phenoxy) is 1. The topological polar surface area (TPSA) is 41.9 Å². The first-order valence-corrected chi connectivity index (χ1v) is 6.82. The molecule has 0 aliphatic carbocycles. The molecule has 3 rings (SSSR count). The summed E-state index contributed by atoms with van der Waals surface area (Å²) in [5.74, 6) is 0.809. The van der Waals surface area contributed by atoms with Gasteiger partial charge in [0.1, 0.15) is 5.75 Å². The fraction of sp³-hybridized carbons (Fsp3) is 0.176. The average Bonchev–Trinajstić information content (AvgIpc) is 3.00. The van der Waals surface area contributed by atoms with E-state index in [1.165, 1.54) is 5.01 Å². The van der Waals surface area contributed by atoms with Crippen molar-refractivity contribution in [1.29, 1.82) is 0 Å². The number of nitrogens with zero attached hydrogens (tertiary/aromatic N) is 2. The maximum atomic E-state index is 11.3. The predicted molar refractivity (Wildman–Crippen MR) is 81.2 cm³/mol. The predicted octanol–water partition coefficient (Wildman–Crippen LogP) is 3.00. The van der Waals surface area contributed by atoms with Crippen molar-refractivity contribution in [3.63, 3.8) is 0 Å². The van der Waals surface area contributed by atoms with Gasteiger partial charge in [0.2, 0.25) is 6.41 Å². The van der Waals surface area contributed by atoms with Crippen LogP contribution in [0.15, 0.2) is 59.7 Å². The Labute approximate surface area is 123 Å². The summed E-state index contributed by atoms with van der Waals surface area (Å²) in [6.45, 7) is 0. The lowest BCUT2D eigenvalue weighted by Gasteiger charge is -2.16. The van der Waals surface area contributed by atoms with Crippen LogP contribution in [0.1, 0.15) is 23.6 Å². The summed E-state index contributed by atoms with van der Waals surface area (Å²) in [4.78, 5) is 11.3. The largest absolute Gasteiger partial charge is 0.497 e. The van der Waals surface area contributed by atoms with Crippen LogP contribution in [-0.4, -0.2) is 24.2 Å². The molecule has 0 spiro atoms. The van der Waals surface area contributed by atoms with Gasteiger partial charge in [0, 0.05) is 6.42 Å². The van der Waals surface area contributed by atoms with Gasteiger partial charge in [-0.25, -0.2) is 5.01 Å². The zero-order valence-corrected chi connectivity index (χ0v) is 11.8. The van der Waals surface area contributed by atoms with E-state index in [4.69, 9.17) is 4.74 Å². The molecule has 2 aromatic carbocycles. The Kier molecular flexibility index (Phi) is 3.69. The molecule has 0 saturated carbocycles. The van der Waals surface area contributed by atoms with Gasteiger partial charge in [0.25, 0.3) is 0 Å². The molecule has 0 saturated heterocycles. The Bertz CT molecular complexity index is 650. The SMILES string of the molecule is COc1ccc(C2=NN(C=O)[C@H](c3ccccc3)C2)cc1. The summed E-state index contributed by atoms with van der Waals surface area (Å²) >= 11 is 0. The third kappa shape index (κ3) is 2.65. The number of amides is 1. The lowest BCUT2D eigenvalue weighted by molar-refractivity contribution is -0.119. The Morgan fingerprint density at radius 3 is 2.48 bits per heavy atom. The lowest BCUT2D eigenvalue weighted by atomic mass is 9.99. The minimum atomic E-state index is -0.0270. The van der Waals surface area contributed by atoms with Crippen LogP contribution in [0.3, 0.4) is 0 Å². The molecule has 0 radical (unpaired) electrons. The van der Waals surface area contributed by atoms with E-state index in [0.29, 0.717) is 0 Å². The Morgan fingerprint density at radius 1 is 1.14 bits per heavy atom. The second-order valence-corrected chi connectivity index (χ2v) is 4.89. The quantitative estimate of drug-likeness (QED) is 0.808. The molecule has 0 unspecified atom stereocenters. The number of hydrogen-bond acceptors (Lipinski definition) is 3. The Morgan fingerprint density at radius 2 is 1.86 bits per heavy atom. The van der Waals surface area contributed by atoms with E-state index in [0.717, 1.165) is 35.4 Å². The number of rotatable bonds is 4. The molecule has 4 nitrogen and oxygen atoms in total. The summed E-state index contributed by atoms with van der Waals surface area (Å²) in [5, 5.41) is 5.93. The van der Waals surface area contributed by atoms with E-state index in [1.807, 2.05) is 54.6 Å². The van der Waals surface area contributed by atoms with E-state index >= 15 is 0 Å². The zero-order valence-electron chi connectivity index (χ0n) is 11.8. The normalized spacial score (nSPS) is 17.5. The van der Waals surface area contributed by atoms with E-state index in [1.54, 1.807) is 7.11 Å². The van der Waals surface area contributed by atoms with Crippen molar-refractivity contribution in [2.75, 3.05) is 7.11 Å². The third-order valence-electron chi connectivity index (χ3n) is 3.66. The van der Waals surface area contributed by atoms with Crippen molar-refractivity contribution >= 4 is 12.1 Å². The molecule has 0 fully saturated rings. The molecule has 0 bridgehead atoms. The van der Waals surface area contributed by atoms with Gasteiger partial charge in [-0.15, -0.1) is 0 Å². The van der Waals surface area contributed by atoms with Gasteiger partial charge in [-0.05, 0) is 35.4 Å². The van der Waals surface area contributed by atoms with Crippen molar-refractivity contribution in [3.8, 4) is 5.75 Å². The van der Waals surface area contributed by atoms with Gasteiger partial charge in [0.05, 0.1) is 18.9 Å². The molecule has 1 amide bonds. The number of methoxy groups -OCH3 is 1. The van der Waals surface area contributed by atoms with Gasteiger partial charge in [-0.1, -0.05) is 30.3 Å². The maximum Gasteiger partial charge on any atom is 0.230 e. The molecule has 2 aromatic rings. The monoisotopic (exact) mass is 280 g/mol. The second-order valence-electron chi connectivity index (χ2n) is 4.89. The highest BCUT2D eigenvalue weighted by Crippen LogP contribution is 2.31. The van der Waals surface area contributed by atoms with Gasteiger partial charge in [-0.3, -0.25) is 4.79 Å². The smallest absolute Gasteiger partial charge is 0.230 e. The molecule has 106 valence electrons. The van der Waals surface area contributed by atoms with E-state index in [9.17, 15) is 4.79 Å². The summed E-state index contributed by atoms with van der Waals surface area (Å²) in [6.07, 6.45) is 1.50. The number of carbonyl (C=O) groups excluding carboxylic acids is 1. The summed E-state index contributed by atoms with van der Waals surface area (Å²) in [5.41, 5.74) is 3.02. The average molecular weight is 280 g/mol. The highest BCUT2D eigenvalue weighted by Gasteiger charge is 2.28. The molecule has 1 atom stereocenters. The molecule has 1 aliphatic rings. The van der Waals surface area contributed by atoms with Crippen LogP contribution in [0.4, 0.5) is 0 Å². The number of hydrazone groups is 1. The third-order valence-corrected chi connectivity index (χ3v) is 3.66. The van der Waals surface area contributed by atoms with Gasteiger partial charge < -0.3 is 4.74 Å². The highest BCUT2D eigenvalue weighted by molar-refractivity contribution is 6.02. The first-order valence-electron chi connectivity index (χ1n) is 6.82.